The molecule has 3 heteroatoms. The van der Waals surface area contributed by atoms with E-state index in [1.165, 1.54) is 0 Å². The maximum absolute atomic E-state index is 8.84. The summed E-state index contributed by atoms with van der Waals surface area (Å²) in [6.45, 7) is 0. The minimum Gasteiger partial charge on any atom is -0.507 e. The number of thiol groups is 1. The van der Waals surface area contributed by atoms with E-state index >= 15 is 0 Å². The van der Waals surface area contributed by atoms with Crippen LogP contribution in [0.4, 0.5) is 0 Å². The minimum atomic E-state index is 0. The second-order valence-electron chi connectivity index (χ2n) is 1.49. The molecule has 43 valence electrons. The Bertz CT molecular complexity index is 169. The van der Waals surface area contributed by atoms with Crippen LogP contribution in [-0.2, 0) is 0 Å². The Morgan fingerprint density at radius 1 is 1.22 bits per heavy atom. The van der Waals surface area contributed by atoms with Crippen LogP contribution in [0.2, 0.25) is 0 Å². The number of phenolic OH excluding ortho intramolecular Hbond substituents is 1. The van der Waals surface area contributed by atoms with Gasteiger partial charge < -0.3 is 5.11 Å². The van der Waals surface area contributed by atoms with Crippen molar-refractivity contribution in [2.75, 3.05) is 0 Å². The maximum Gasteiger partial charge on any atom is 0.128 e. The monoisotopic (exact) mass is 149 g/mol. The van der Waals surface area contributed by atoms with Gasteiger partial charge in [-0.05, 0) is 12.1 Å². The molecule has 0 amide bonds. The van der Waals surface area contributed by atoms with Gasteiger partial charge in [0.05, 0.1) is 0 Å². The summed E-state index contributed by atoms with van der Waals surface area (Å²) in [6.07, 6.45) is 0. The van der Waals surface area contributed by atoms with Gasteiger partial charge in [-0.2, -0.15) is 0 Å². The van der Waals surface area contributed by atoms with Crippen LogP contribution in [0.25, 0.3) is 0 Å². The summed E-state index contributed by atoms with van der Waals surface area (Å²) in [4.78, 5) is 0.618. The smallest absolute Gasteiger partial charge is 0.128 e. The summed E-state index contributed by atoms with van der Waals surface area (Å²) in [6, 6.07) is 6.91. The molecule has 0 aliphatic rings. The molecule has 0 aliphatic carbocycles. The van der Waals surface area contributed by atoms with Gasteiger partial charge >= 0.3 is 0 Å². The fourth-order valence-corrected chi connectivity index (χ4v) is 0.625. The number of benzene rings is 1. The quantitative estimate of drug-likeness (QED) is 0.421. The van der Waals surface area contributed by atoms with Gasteiger partial charge in [-0.1, -0.05) is 12.1 Å². The van der Waals surface area contributed by atoms with Crippen molar-refractivity contribution in [3.8, 4) is 5.75 Å². The van der Waals surface area contributed by atoms with Crippen molar-refractivity contribution in [3.05, 3.63) is 24.3 Å². The van der Waals surface area contributed by atoms with Crippen molar-refractivity contribution < 1.29 is 5.11 Å². The summed E-state index contributed by atoms with van der Waals surface area (Å²) in [7, 11) is 0. The first-order valence-electron chi connectivity index (χ1n) is 2.27. The summed E-state index contributed by atoms with van der Waals surface area (Å²) < 4.78 is 0. The summed E-state index contributed by atoms with van der Waals surface area (Å²) >= 11 is 3.95. The first kappa shape index (κ1) is 9.37. The Morgan fingerprint density at radius 3 is 2.11 bits per heavy atom. The average Bonchev–Trinajstić information content (AvgIpc) is 1.77. The molecular weight excluding hydrogens is 143 g/mol. The van der Waals surface area contributed by atoms with Crippen molar-refractivity contribution in [2.45, 2.75) is 4.90 Å². The first-order valence-corrected chi connectivity index (χ1v) is 2.72. The number of hydrogen-bond acceptors (Lipinski definition) is 2. The van der Waals surface area contributed by atoms with E-state index in [0.29, 0.717) is 4.90 Å². The van der Waals surface area contributed by atoms with Gasteiger partial charge in [0.1, 0.15) is 5.75 Å². The SMILES string of the molecule is Oc1ccccc1S.[Na]. The summed E-state index contributed by atoms with van der Waals surface area (Å²) in [5.41, 5.74) is 0. The Kier molecular flexibility index (Phi) is 4.40. The zero-order chi connectivity index (χ0) is 5.98. The zero-order valence-electron chi connectivity index (χ0n) is 5.20. The predicted octanol–water partition coefficient (Wildman–Crippen LogP) is 1.30. The molecule has 0 heterocycles. The molecule has 1 radical (unpaired) electrons. The first-order chi connectivity index (χ1) is 3.80. The molecule has 1 aromatic rings. The molecule has 0 saturated heterocycles. The molecular formula is C6H6NaOS. The topological polar surface area (TPSA) is 20.2 Å². The molecule has 0 atom stereocenters. The normalized spacial score (nSPS) is 8.11. The predicted molar refractivity (Wildman–Crippen MR) is 41.1 cm³/mol. The van der Waals surface area contributed by atoms with Gasteiger partial charge in [0, 0.05) is 34.5 Å². The third-order valence-corrected chi connectivity index (χ3v) is 1.26. The van der Waals surface area contributed by atoms with Gasteiger partial charge in [-0.3, -0.25) is 0 Å². The molecule has 1 rings (SSSR count). The third-order valence-electron chi connectivity index (χ3n) is 0.882. The molecule has 0 aliphatic heterocycles. The number of rotatable bonds is 0. The number of aromatic hydroxyl groups is 1. The van der Waals surface area contributed by atoms with E-state index in [-0.39, 0.29) is 35.3 Å². The largest absolute Gasteiger partial charge is 0.507 e. The molecule has 1 nitrogen and oxygen atoms in total. The zero-order valence-corrected chi connectivity index (χ0v) is 8.10. The standard InChI is InChI=1S/C6H6OS.Na/c7-5-3-1-2-4-6(5)8;/h1-4,7-8H;. The van der Waals surface area contributed by atoms with Gasteiger partial charge in [-0.25, -0.2) is 0 Å². The number of hydrogen-bond donors (Lipinski definition) is 2. The van der Waals surface area contributed by atoms with E-state index in [1.54, 1.807) is 18.2 Å². The van der Waals surface area contributed by atoms with Crippen LogP contribution < -0.4 is 0 Å². The Hall–Kier alpha value is 0.370. The van der Waals surface area contributed by atoms with E-state index in [4.69, 9.17) is 5.11 Å². The van der Waals surface area contributed by atoms with Gasteiger partial charge in [0.25, 0.3) is 0 Å². The van der Waals surface area contributed by atoms with Crippen LogP contribution in [0.5, 0.6) is 5.75 Å². The van der Waals surface area contributed by atoms with Crippen molar-refractivity contribution in [1.29, 1.82) is 0 Å². The van der Waals surface area contributed by atoms with E-state index in [2.05, 4.69) is 12.6 Å². The van der Waals surface area contributed by atoms with Crippen LogP contribution in [0.1, 0.15) is 0 Å². The van der Waals surface area contributed by atoms with Crippen molar-refractivity contribution in [3.63, 3.8) is 0 Å². The van der Waals surface area contributed by atoms with Crippen LogP contribution in [0.15, 0.2) is 29.2 Å². The van der Waals surface area contributed by atoms with E-state index < -0.39 is 0 Å². The molecule has 0 spiro atoms. The van der Waals surface area contributed by atoms with Crippen LogP contribution >= 0.6 is 12.6 Å². The number of para-hydroxylation sites is 1. The van der Waals surface area contributed by atoms with Crippen LogP contribution in [-0.4, -0.2) is 34.7 Å². The fraction of sp³-hybridized carbons (Fsp3) is 0. The Labute approximate surface area is 81.8 Å². The molecule has 0 saturated carbocycles. The maximum atomic E-state index is 8.84. The molecule has 1 N–H and O–H groups in total. The average molecular weight is 149 g/mol. The van der Waals surface area contributed by atoms with Gasteiger partial charge in [0.2, 0.25) is 0 Å². The molecule has 0 fully saturated rings. The van der Waals surface area contributed by atoms with E-state index in [1.807, 2.05) is 6.07 Å². The molecule has 0 bridgehead atoms. The second-order valence-corrected chi connectivity index (χ2v) is 1.97. The third kappa shape index (κ3) is 2.63. The van der Waals surface area contributed by atoms with E-state index in [9.17, 15) is 0 Å². The van der Waals surface area contributed by atoms with Crippen molar-refractivity contribution in [2.24, 2.45) is 0 Å². The second kappa shape index (κ2) is 4.23. The van der Waals surface area contributed by atoms with Crippen molar-refractivity contribution in [1.82, 2.24) is 0 Å². The fourth-order valence-electron chi connectivity index (χ4n) is 0.464. The molecule has 0 aromatic heterocycles. The summed E-state index contributed by atoms with van der Waals surface area (Å²) in [5, 5.41) is 8.84. The summed E-state index contributed by atoms with van der Waals surface area (Å²) in [5.74, 6) is 0.232. The van der Waals surface area contributed by atoms with Gasteiger partial charge in [-0.15, -0.1) is 12.6 Å². The Balaban J connectivity index is 0.000000640. The van der Waals surface area contributed by atoms with Gasteiger partial charge in [0.15, 0.2) is 0 Å². The molecule has 0 unspecified atom stereocenters. The van der Waals surface area contributed by atoms with Crippen LogP contribution in [0.3, 0.4) is 0 Å². The van der Waals surface area contributed by atoms with Crippen LogP contribution in [0, 0.1) is 0 Å². The Morgan fingerprint density at radius 2 is 1.78 bits per heavy atom. The number of phenols is 1. The van der Waals surface area contributed by atoms with Crippen molar-refractivity contribution >= 4 is 42.2 Å². The molecule has 1 aromatic carbocycles. The minimum absolute atomic E-state index is 0. The molecule has 9 heavy (non-hydrogen) atoms. The van der Waals surface area contributed by atoms with E-state index in [0.717, 1.165) is 0 Å².